The van der Waals surface area contributed by atoms with Crippen molar-refractivity contribution in [1.29, 1.82) is 0 Å². The van der Waals surface area contributed by atoms with E-state index in [1.165, 1.54) is 0 Å². The van der Waals surface area contributed by atoms with Crippen molar-refractivity contribution >= 4 is 40.3 Å². The van der Waals surface area contributed by atoms with Gasteiger partial charge in [0.05, 0.1) is 0 Å². The van der Waals surface area contributed by atoms with Gasteiger partial charge >= 0.3 is 51.1 Å². The second kappa shape index (κ2) is 12.4. The molecule has 0 atom stereocenters. The SMILES string of the molecule is NS(=O)(=O)[O-].NS(=O)(=O)[O-].[Ni+2].[S]=[Mo]=[S]. The first-order valence-corrected chi connectivity index (χ1v) is 10.3. The summed E-state index contributed by atoms with van der Waals surface area (Å²) in [6.07, 6.45) is 0. The molecule has 0 fully saturated rings. The van der Waals surface area contributed by atoms with Crippen LogP contribution in [0.15, 0.2) is 0 Å². The van der Waals surface area contributed by atoms with E-state index in [0.717, 1.165) is 0 Å². The molecular formula is H4MoN2NiO6S4. The van der Waals surface area contributed by atoms with Crippen molar-refractivity contribution < 1.29 is 57.4 Å². The summed E-state index contributed by atoms with van der Waals surface area (Å²) >= 11 is -0.363. The molecule has 90 valence electrons. The van der Waals surface area contributed by atoms with Crippen LogP contribution in [-0.4, -0.2) is 25.9 Å². The van der Waals surface area contributed by atoms with Gasteiger partial charge in [0, 0.05) is 0 Å². The molecule has 0 aromatic carbocycles. The number of rotatable bonds is 0. The molecule has 0 aliphatic heterocycles. The van der Waals surface area contributed by atoms with Gasteiger partial charge < -0.3 is 9.11 Å². The van der Waals surface area contributed by atoms with Crippen molar-refractivity contribution in [3.8, 4) is 0 Å². The Morgan fingerprint density at radius 2 is 0.929 bits per heavy atom. The summed E-state index contributed by atoms with van der Waals surface area (Å²) in [7, 11) is -0.157. The summed E-state index contributed by atoms with van der Waals surface area (Å²) in [6.45, 7) is 0. The Bertz CT molecular complexity index is 292. The first-order chi connectivity index (χ1) is 5.41. The molecule has 4 N–H and O–H groups in total. The third-order valence-corrected chi connectivity index (χ3v) is 0. The minimum absolute atomic E-state index is 0. The van der Waals surface area contributed by atoms with E-state index >= 15 is 0 Å². The predicted molar refractivity (Wildman–Crippen MR) is 43.0 cm³/mol. The van der Waals surface area contributed by atoms with Crippen LogP contribution in [0.25, 0.3) is 0 Å². The van der Waals surface area contributed by atoms with Gasteiger partial charge in [-0.1, -0.05) is 0 Å². The van der Waals surface area contributed by atoms with Crippen LogP contribution in [0.3, 0.4) is 0 Å². The van der Waals surface area contributed by atoms with Crippen LogP contribution in [-0.2, 0) is 52.0 Å². The van der Waals surface area contributed by atoms with Crippen LogP contribution < -0.4 is 10.3 Å². The zero-order valence-corrected chi connectivity index (χ0v) is 12.2. The summed E-state index contributed by atoms with van der Waals surface area (Å²) < 4.78 is 53.1. The average molecular weight is 411 g/mol. The van der Waals surface area contributed by atoms with Gasteiger partial charge in [0.15, 0.2) is 20.6 Å². The van der Waals surface area contributed by atoms with Gasteiger partial charge in [-0.2, -0.15) is 0 Å². The molecule has 0 bridgehead atoms. The van der Waals surface area contributed by atoms with E-state index in [4.69, 9.17) is 25.9 Å². The number of hydrogen-bond donors (Lipinski definition) is 2. The van der Waals surface area contributed by atoms with E-state index in [2.05, 4.69) is 29.9 Å². The molecular weight excluding hydrogens is 407 g/mol. The third-order valence-electron chi connectivity index (χ3n) is 0. The molecule has 0 aromatic rings. The summed E-state index contributed by atoms with van der Waals surface area (Å²) in [5.41, 5.74) is 0. The van der Waals surface area contributed by atoms with E-state index < -0.39 is 20.6 Å². The van der Waals surface area contributed by atoms with E-state index in [1.54, 1.807) is 0 Å². The Kier molecular flexibility index (Phi) is 21.8. The number of hydrogen-bond acceptors (Lipinski definition) is 8. The van der Waals surface area contributed by atoms with Crippen LogP contribution in [0.1, 0.15) is 0 Å². The Morgan fingerprint density at radius 1 is 0.929 bits per heavy atom. The van der Waals surface area contributed by atoms with Gasteiger partial charge in [-0.3, -0.25) is 0 Å². The Morgan fingerprint density at radius 3 is 0.929 bits per heavy atom. The van der Waals surface area contributed by atoms with Crippen molar-refractivity contribution in [2.24, 2.45) is 10.3 Å². The van der Waals surface area contributed by atoms with E-state index in [1.807, 2.05) is 0 Å². The van der Waals surface area contributed by atoms with Crippen LogP contribution in [0.2, 0.25) is 0 Å². The summed E-state index contributed by atoms with van der Waals surface area (Å²) in [5.74, 6) is 0. The molecule has 0 aliphatic carbocycles. The molecule has 0 radical (unpaired) electrons. The molecule has 0 aliphatic rings. The zero-order chi connectivity index (χ0) is 11.7. The van der Waals surface area contributed by atoms with Gasteiger partial charge in [-0.25, -0.2) is 27.1 Å². The van der Waals surface area contributed by atoms with Crippen LogP contribution >= 0.6 is 19.6 Å². The molecule has 0 spiro atoms. The average Bonchev–Trinajstić information content (AvgIpc) is 1.52. The Labute approximate surface area is 107 Å². The fourth-order valence-corrected chi connectivity index (χ4v) is 0. The molecule has 0 unspecified atom stereocenters. The Hall–Kier alpha value is 1.36. The summed E-state index contributed by atoms with van der Waals surface area (Å²) in [5, 5.41) is 7.54. The quantitative estimate of drug-likeness (QED) is 0.345. The summed E-state index contributed by atoms with van der Waals surface area (Å²) in [4.78, 5) is 0. The predicted octanol–water partition coefficient (Wildman–Crippen LogP) is -1.90. The molecule has 8 nitrogen and oxygen atoms in total. The molecule has 0 saturated heterocycles. The number of nitrogens with two attached hydrogens (primary N) is 2. The fourth-order valence-electron chi connectivity index (χ4n) is 0. The zero-order valence-electron chi connectivity index (χ0n) is 5.96. The molecule has 0 amide bonds. The van der Waals surface area contributed by atoms with Gasteiger partial charge in [0.25, 0.3) is 0 Å². The van der Waals surface area contributed by atoms with E-state index in [-0.39, 0.29) is 31.4 Å². The van der Waals surface area contributed by atoms with Crippen LogP contribution in [0, 0.1) is 0 Å². The van der Waals surface area contributed by atoms with Crippen LogP contribution in [0.4, 0.5) is 0 Å². The van der Waals surface area contributed by atoms with Gasteiger partial charge in [-0.05, 0) is 0 Å². The maximum absolute atomic E-state index is 8.85. The van der Waals surface area contributed by atoms with Crippen molar-refractivity contribution in [3.63, 3.8) is 0 Å². The van der Waals surface area contributed by atoms with Crippen LogP contribution in [0.5, 0.6) is 0 Å². The van der Waals surface area contributed by atoms with Crippen molar-refractivity contribution in [3.05, 3.63) is 0 Å². The van der Waals surface area contributed by atoms with E-state index in [0.29, 0.717) is 0 Å². The first kappa shape index (κ1) is 24.5. The standard InChI is InChI=1S/Mo.2H3NO3S.Ni.2S/c;2*1-5(2,3)4;;;/h;2*(H3,1,2,3,4);;;/q;;;+2;;/p-2. The first-order valence-electron chi connectivity index (χ1n) is 1.80. The molecule has 14 heteroatoms. The molecule has 0 aromatic heterocycles. The van der Waals surface area contributed by atoms with Crippen molar-refractivity contribution in [1.82, 2.24) is 0 Å². The van der Waals surface area contributed by atoms with Gasteiger partial charge in [-0.15, -0.1) is 0 Å². The van der Waals surface area contributed by atoms with Gasteiger partial charge in [0.1, 0.15) is 0 Å². The van der Waals surface area contributed by atoms with Crippen molar-refractivity contribution in [2.45, 2.75) is 0 Å². The molecule has 0 rings (SSSR count). The van der Waals surface area contributed by atoms with Crippen molar-refractivity contribution in [2.75, 3.05) is 0 Å². The minimum atomic E-state index is -4.42. The van der Waals surface area contributed by atoms with Gasteiger partial charge in [0.2, 0.25) is 0 Å². The Balaban J connectivity index is -0.0000000535. The fraction of sp³-hybridized carbons (Fsp3) is 0. The summed E-state index contributed by atoms with van der Waals surface area (Å²) in [6, 6.07) is 0. The monoisotopic (exact) mass is 412 g/mol. The maximum atomic E-state index is 8.85. The van der Waals surface area contributed by atoms with E-state index in [9.17, 15) is 0 Å². The molecule has 0 heterocycles. The molecule has 0 saturated carbocycles. The topological polar surface area (TPSA) is 166 Å². The second-order valence-electron chi connectivity index (χ2n) is 1.05. The third kappa shape index (κ3) is 1100. The second-order valence-corrected chi connectivity index (χ2v) is 6.58. The molecule has 14 heavy (non-hydrogen) atoms. The normalized spacial score (nSPS) is 9.14.